The number of aromatic nitrogens is 2. The second kappa shape index (κ2) is 4.45. The molecule has 1 aliphatic carbocycles. The number of nitrogens with zero attached hydrogens (tertiary/aromatic N) is 2. The molecule has 2 rings (SSSR count). The van der Waals surface area contributed by atoms with E-state index in [0.29, 0.717) is 18.0 Å². The van der Waals surface area contributed by atoms with Gasteiger partial charge in [0.25, 0.3) is 5.91 Å². The predicted octanol–water partition coefficient (Wildman–Crippen LogP) is 1.48. The third-order valence-corrected chi connectivity index (χ3v) is 3.58. The lowest BCUT2D eigenvalue weighted by Gasteiger charge is -2.09. The molecule has 1 saturated carbocycles. The van der Waals surface area contributed by atoms with E-state index in [0.717, 1.165) is 5.69 Å². The Kier molecular flexibility index (Phi) is 3.19. The average Bonchev–Trinajstić information content (AvgIpc) is 3.04. The number of rotatable bonds is 4. The number of carbonyl (C=O) groups excluding carboxylic acids is 1. The van der Waals surface area contributed by atoms with Gasteiger partial charge >= 0.3 is 0 Å². The van der Waals surface area contributed by atoms with Crippen molar-refractivity contribution in [2.75, 3.05) is 6.54 Å². The van der Waals surface area contributed by atoms with Gasteiger partial charge in [-0.3, -0.25) is 9.48 Å². The number of aryl methyl sites for hydroxylation is 1. The third kappa shape index (κ3) is 2.38. The fraction of sp³-hybridized carbons (Fsp3) is 0.636. The number of nitrogens with one attached hydrogen (secondary N) is 1. The summed E-state index contributed by atoms with van der Waals surface area (Å²) in [5.41, 5.74) is 1.50. The lowest BCUT2D eigenvalue weighted by molar-refractivity contribution is 0.0952. The van der Waals surface area contributed by atoms with Gasteiger partial charge in [0.15, 0.2) is 0 Å². The average molecular weight is 242 g/mol. The Morgan fingerprint density at radius 2 is 2.44 bits per heavy atom. The van der Waals surface area contributed by atoms with Crippen LogP contribution in [0.1, 0.15) is 28.9 Å². The van der Waals surface area contributed by atoms with Crippen molar-refractivity contribution in [3.63, 3.8) is 0 Å². The van der Waals surface area contributed by atoms with Crippen LogP contribution in [0.2, 0.25) is 0 Å². The molecule has 1 aliphatic rings. The van der Waals surface area contributed by atoms with Crippen molar-refractivity contribution in [1.29, 1.82) is 0 Å². The van der Waals surface area contributed by atoms with E-state index in [2.05, 4.69) is 10.4 Å². The van der Waals surface area contributed by atoms with E-state index >= 15 is 0 Å². The van der Waals surface area contributed by atoms with Gasteiger partial charge in [0, 0.05) is 19.3 Å². The summed E-state index contributed by atoms with van der Waals surface area (Å²) in [6.07, 6.45) is 3.97. The minimum Gasteiger partial charge on any atom is -0.350 e. The first-order valence-electron chi connectivity index (χ1n) is 5.50. The van der Waals surface area contributed by atoms with Gasteiger partial charge in [0.05, 0.1) is 17.1 Å². The van der Waals surface area contributed by atoms with E-state index in [1.807, 2.05) is 14.0 Å². The Bertz CT molecular complexity index is 398. The van der Waals surface area contributed by atoms with Crippen molar-refractivity contribution in [2.24, 2.45) is 13.0 Å². The van der Waals surface area contributed by atoms with Gasteiger partial charge in [-0.1, -0.05) is 0 Å². The van der Waals surface area contributed by atoms with E-state index in [1.54, 1.807) is 10.9 Å². The smallest absolute Gasteiger partial charge is 0.254 e. The Morgan fingerprint density at radius 3 is 2.94 bits per heavy atom. The highest BCUT2D eigenvalue weighted by molar-refractivity contribution is 6.21. The molecule has 1 heterocycles. The summed E-state index contributed by atoms with van der Waals surface area (Å²) in [6, 6.07) is 0. The summed E-state index contributed by atoms with van der Waals surface area (Å²) in [5.74, 6) is 0.508. The molecule has 5 heteroatoms. The molecule has 1 atom stereocenters. The maximum Gasteiger partial charge on any atom is 0.254 e. The van der Waals surface area contributed by atoms with Gasteiger partial charge in [0.1, 0.15) is 0 Å². The first kappa shape index (κ1) is 11.5. The van der Waals surface area contributed by atoms with Gasteiger partial charge in [-0.15, -0.1) is 11.6 Å². The second-order valence-corrected chi connectivity index (χ2v) is 4.89. The summed E-state index contributed by atoms with van der Waals surface area (Å²) in [5, 5.41) is 6.95. The summed E-state index contributed by atoms with van der Waals surface area (Å²) >= 11 is 6.12. The van der Waals surface area contributed by atoms with Gasteiger partial charge in [-0.25, -0.2) is 0 Å². The monoisotopic (exact) mass is 241 g/mol. The molecule has 0 aliphatic heterocycles. The van der Waals surface area contributed by atoms with Crippen LogP contribution in [-0.2, 0) is 7.05 Å². The summed E-state index contributed by atoms with van der Waals surface area (Å²) in [4.78, 5) is 11.8. The Balaban J connectivity index is 1.90. The predicted molar refractivity (Wildman–Crippen MR) is 62.6 cm³/mol. The molecule has 4 nitrogen and oxygen atoms in total. The van der Waals surface area contributed by atoms with Gasteiger partial charge in [-0.2, -0.15) is 5.10 Å². The molecule has 0 bridgehead atoms. The van der Waals surface area contributed by atoms with Crippen LogP contribution >= 0.6 is 11.6 Å². The normalized spacial score (nSPS) is 17.2. The lowest BCUT2D eigenvalue weighted by Crippen LogP contribution is -2.30. The Labute approximate surface area is 100.0 Å². The van der Waals surface area contributed by atoms with E-state index in [9.17, 15) is 4.79 Å². The molecule has 1 fully saturated rings. The molecular formula is C11H16ClN3O. The van der Waals surface area contributed by atoms with Gasteiger partial charge < -0.3 is 5.32 Å². The first-order chi connectivity index (χ1) is 7.59. The van der Waals surface area contributed by atoms with Gasteiger partial charge in [-0.05, 0) is 25.7 Å². The molecule has 0 spiro atoms. The van der Waals surface area contributed by atoms with E-state index < -0.39 is 0 Å². The fourth-order valence-corrected chi connectivity index (χ4v) is 1.96. The van der Waals surface area contributed by atoms with Crippen molar-refractivity contribution in [3.8, 4) is 0 Å². The maximum atomic E-state index is 11.8. The van der Waals surface area contributed by atoms with Crippen molar-refractivity contribution in [1.82, 2.24) is 15.1 Å². The highest BCUT2D eigenvalue weighted by atomic mass is 35.5. The molecule has 1 N–H and O–H groups in total. The molecule has 88 valence electrons. The van der Waals surface area contributed by atoms with E-state index in [4.69, 9.17) is 11.6 Å². The van der Waals surface area contributed by atoms with Crippen LogP contribution in [0, 0.1) is 12.8 Å². The summed E-state index contributed by atoms with van der Waals surface area (Å²) in [7, 11) is 1.82. The Hall–Kier alpha value is -1.03. The molecule has 1 aromatic rings. The lowest BCUT2D eigenvalue weighted by atomic mass is 10.2. The summed E-state index contributed by atoms with van der Waals surface area (Å²) in [6.45, 7) is 2.42. The minimum atomic E-state index is -0.0862. The number of alkyl halides is 1. The first-order valence-corrected chi connectivity index (χ1v) is 5.94. The van der Waals surface area contributed by atoms with Gasteiger partial charge in [0.2, 0.25) is 0 Å². The molecule has 0 aromatic carbocycles. The molecule has 1 aromatic heterocycles. The van der Waals surface area contributed by atoms with Crippen LogP contribution in [-0.4, -0.2) is 27.6 Å². The Morgan fingerprint density at radius 1 is 1.75 bits per heavy atom. The van der Waals surface area contributed by atoms with Crippen LogP contribution in [0.3, 0.4) is 0 Å². The zero-order valence-electron chi connectivity index (χ0n) is 9.53. The second-order valence-electron chi connectivity index (χ2n) is 4.33. The SMILES string of the molecule is Cc1c(C(=O)NCC(Cl)C2CC2)cnn1C. The number of hydrogen-bond acceptors (Lipinski definition) is 2. The molecule has 0 saturated heterocycles. The van der Waals surface area contributed by atoms with Crippen LogP contribution in [0.5, 0.6) is 0 Å². The number of halogens is 1. The van der Waals surface area contributed by atoms with Crippen molar-refractivity contribution < 1.29 is 4.79 Å². The molecule has 1 unspecified atom stereocenters. The zero-order chi connectivity index (χ0) is 11.7. The highest BCUT2D eigenvalue weighted by Crippen LogP contribution is 2.35. The van der Waals surface area contributed by atoms with Crippen LogP contribution in [0.15, 0.2) is 6.20 Å². The topological polar surface area (TPSA) is 46.9 Å². The largest absolute Gasteiger partial charge is 0.350 e. The molecule has 1 amide bonds. The number of amides is 1. The highest BCUT2D eigenvalue weighted by Gasteiger charge is 2.29. The minimum absolute atomic E-state index is 0.0703. The zero-order valence-corrected chi connectivity index (χ0v) is 10.3. The molecule has 0 radical (unpaired) electrons. The standard InChI is InChI=1S/C11H16ClN3O/c1-7-9(5-14-15(7)2)11(16)13-6-10(12)8-3-4-8/h5,8,10H,3-4,6H2,1-2H3,(H,13,16). The van der Waals surface area contributed by atoms with Crippen molar-refractivity contribution >= 4 is 17.5 Å². The fourth-order valence-electron chi connectivity index (χ4n) is 1.63. The molecular weight excluding hydrogens is 226 g/mol. The van der Waals surface area contributed by atoms with Crippen molar-refractivity contribution in [3.05, 3.63) is 17.5 Å². The number of carbonyl (C=O) groups is 1. The quantitative estimate of drug-likeness (QED) is 0.812. The van der Waals surface area contributed by atoms with Crippen LogP contribution in [0.25, 0.3) is 0 Å². The number of hydrogen-bond donors (Lipinski definition) is 1. The maximum absolute atomic E-state index is 11.8. The molecule has 16 heavy (non-hydrogen) atoms. The third-order valence-electron chi connectivity index (χ3n) is 3.07. The van der Waals surface area contributed by atoms with E-state index in [-0.39, 0.29) is 11.3 Å². The van der Waals surface area contributed by atoms with Crippen LogP contribution in [0.4, 0.5) is 0 Å². The van der Waals surface area contributed by atoms with Crippen LogP contribution < -0.4 is 5.32 Å². The van der Waals surface area contributed by atoms with E-state index in [1.165, 1.54) is 12.8 Å². The summed E-state index contributed by atoms with van der Waals surface area (Å²) < 4.78 is 1.69. The van der Waals surface area contributed by atoms with Crippen molar-refractivity contribution in [2.45, 2.75) is 25.1 Å².